The minimum atomic E-state index is 0.197. The van der Waals surface area contributed by atoms with Gasteiger partial charge < -0.3 is 14.4 Å². The lowest BCUT2D eigenvalue weighted by Gasteiger charge is -2.27. The molecule has 1 saturated heterocycles. The Morgan fingerprint density at radius 3 is 2.71 bits per heavy atom. The number of carbonyl (C=O) groups is 1. The summed E-state index contributed by atoms with van der Waals surface area (Å²) in [5.41, 5.74) is 1.08. The summed E-state index contributed by atoms with van der Waals surface area (Å²) in [7, 11) is 1.69. The molecule has 2 aliphatic carbocycles. The van der Waals surface area contributed by atoms with E-state index in [4.69, 9.17) is 9.47 Å². The Balaban J connectivity index is 1.50. The molecular weight excluding hydrogens is 302 g/mol. The minimum absolute atomic E-state index is 0.197. The van der Waals surface area contributed by atoms with Crippen molar-refractivity contribution >= 4 is 5.91 Å². The second kappa shape index (κ2) is 6.75. The lowest BCUT2D eigenvalue weighted by molar-refractivity contribution is -0.135. The maximum absolute atomic E-state index is 13.1. The first-order valence-electron chi connectivity index (χ1n) is 9.30. The molecule has 1 unspecified atom stereocenters. The fourth-order valence-corrected chi connectivity index (χ4v) is 4.70. The summed E-state index contributed by atoms with van der Waals surface area (Å²) in [6, 6.07) is 8.01. The molecule has 1 amide bonds. The first-order valence-corrected chi connectivity index (χ1v) is 9.30. The maximum atomic E-state index is 13.1. The molecule has 1 aliphatic heterocycles. The van der Waals surface area contributed by atoms with Gasteiger partial charge in [0.25, 0.3) is 0 Å². The van der Waals surface area contributed by atoms with Crippen molar-refractivity contribution in [2.75, 3.05) is 20.3 Å². The van der Waals surface area contributed by atoms with Gasteiger partial charge in [0.1, 0.15) is 5.75 Å². The van der Waals surface area contributed by atoms with Crippen LogP contribution >= 0.6 is 0 Å². The third-order valence-electron chi connectivity index (χ3n) is 6.01. The molecule has 1 heterocycles. The number of rotatable bonds is 6. The molecule has 130 valence electrons. The van der Waals surface area contributed by atoms with E-state index in [0.717, 1.165) is 30.8 Å². The van der Waals surface area contributed by atoms with Crippen molar-refractivity contribution in [1.82, 2.24) is 4.90 Å². The SMILES string of the molecule is COc1ccccc1CN(C[C@H]1CCCO1)C(=O)C1[C@H]2CCC[C@@H]12. The molecule has 2 saturated carbocycles. The molecule has 3 fully saturated rings. The van der Waals surface area contributed by atoms with Crippen LogP contribution < -0.4 is 4.74 Å². The standard InChI is InChI=1S/C20H27NO3/c1-23-18-10-3-2-6-14(18)12-21(13-15-7-5-11-24-15)20(22)19-16-8-4-9-17(16)19/h2-3,6,10,15-17,19H,4-5,7-9,11-13H2,1H3/t15-,16-,17+,19?/m1/s1. The second-order valence-corrected chi connectivity index (χ2v) is 7.45. The Morgan fingerprint density at radius 1 is 1.21 bits per heavy atom. The van der Waals surface area contributed by atoms with E-state index >= 15 is 0 Å². The van der Waals surface area contributed by atoms with Crippen LogP contribution in [-0.4, -0.2) is 37.2 Å². The Bertz CT molecular complexity index is 586. The summed E-state index contributed by atoms with van der Waals surface area (Å²) in [5.74, 6) is 2.78. The lowest BCUT2D eigenvalue weighted by atomic mass is 10.1. The fraction of sp³-hybridized carbons (Fsp3) is 0.650. The molecule has 3 aliphatic rings. The molecule has 0 spiro atoms. The van der Waals surface area contributed by atoms with Gasteiger partial charge in [-0.15, -0.1) is 0 Å². The zero-order valence-corrected chi connectivity index (χ0v) is 14.4. The van der Waals surface area contributed by atoms with E-state index in [1.165, 1.54) is 19.3 Å². The highest BCUT2D eigenvalue weighted by Gasteiger charge is 2.57. The predicted octanol–water partition coefficient (Wildman–Crippen LogP) is 3.25. The Labute approximate surface area is 144 Å². The number of amides is 1. The molecule has 4 nitrogen and oxygen atoms in total. The van der Waals surface area contributed by atoms with E-state index in [0.29, 0.717) is 30.8 Å². The molecule has 4 atom stereocenters. The molecule has 24 heavy (non-hydrogen) atoms. The molecule has 0 bridgehead atoms. The average Bonchev–Trinajstić information content (AvgIpc) is 3.01. The number of ether oxygens (including phenoxy) is 2. The van der Waals surface area contributed by atoms with E-state index in [-0.39, 0.29) is 12.0 Å². The van der Waals surface area contributed by atoms with E-state index in [1.54, 1.807) is 7.11 Å². The number of nitrogens with zero attached hydrogens (tertiary/aromatic N) is 1. The highest BCUT2D eigenvalue weighted by atomic mass is 16.5. The monoisotopic (exact) mass is 329 g/mol. The van der Waals surface area contributed by atoms with Gasteiger partial charge >= 0.3 is 0 Å². The summed E-state index contributed by atoms with van der Waals surface area (Å²) >= 11 is 0. The number of methoxy groups -OCH3 is 1. The van der Waals surface area contributed by atoms with Crippen LogP contribution in [0.4, 0.5) is 0 Å². The predicted molar refractivity (Wildman–Crippen MR) is 91.7 cm³/mol. The highest BCUT2D eigenvalue weighted by molar-refractivity contribution is 5.82. The van der Waals surface area contributed by atoms with Gasteiger partial charge in [-0.1, -0.05) is 24.6 Å². The van der Waals surface area contributed by atoms with Gasteiger partial charge in [-0.3, -0.25) is 4.79 Å². The summed E-state index contributed by atoms with van der Waals surface area (Å²) in [6.07, 6.45) is 6.15. The van der Waals surface area contributed by atoms with E-state index in [2.05, 4.69) is 6.07 Å². The summed E-state index contributed by atoms with van der Waals surface area (Å²) in [4.78, 5) is 15.2. The van der Waals surface area contributed by atoms with Gasteiger partial charge in [0.05, 0.1) is 13.2 Å². The largest absolute Gasteiger partial charge is 0.496 e. The van der Waals surface area contributed by atoms with Gasteiger partial charge in [0, 0.05) is 31.2 Å². The Hall–Kier alpha value is -1.55. The number of para-hydroxylation sites is 1. The Morgan fingerprint density at radius 2 is 2.00 bits per heavy atom. The van der Waals surface area contributed by atoms with Crippen LogP contribution in [0.15, 0.2) is 24.3 Å². The highest BCUT2D eigenvalue weighted by Crippen LogP contribution is 2.58. The topological polar surface area (TPSA) is 38.8 Å². The van der Waals surface area contributed by atoms with Crippen molar-refractivity contribution in [2.45, 2.75) is 44.8 Å². The molecule has 1 aromatic rings. The van der Waals surface area contributed by atoms with Gasteiger partial charge in [0.15, 0.2) is 0 Å². The van der Waals surface area contributed by atoms with Crippen LogP contribution in [0.5, 0.6) is 5.75 Å². The van der Waals surface area contributed by atoms with E-state index in [9.17, 15) is 4.79 Å². The van der Waals surface area contributed by atoms with Crippen molar-refractivity contribution in [3.8, 4) is 5.75 Å². The zero-order valence-electron chi connectivity index (χ0n) is 14.4. The van der Waals surface area contributed by atoms with Crippen molar-refractivity contribution in [3.05, 3.63) is 29.8 Å². The molecular formula is C20H27NO3. The lowest BCUT2D eigenvalue weighted by Crippen LogP contribution is -2.38. The van der Waals surface area contributed by atoms with Gasteiger partial charge in [-0.05, 0) is 43.6 Å². The van der Waals surface area contributed by atoms with E-state index < -0.39 is 0 Å². The number of carbonyl (C=O) groups excluding carboxylic acids is 1. The van der Waals surface area contributed by atoms with Gasteiger partial charge in [-0.2, -0.15) is 0 Å². The number of fused-ring (bicyclic) bond motifs is 1. The van der Waals surface area contributed by atoms with Crippen LogP contribution in [0.2, 0.25) is 0 Å². The molecule has 4 heteroatoms. The van der Waals surface area contributed by atoms with Crippen LogP contribution in [0.1, 0.15) is 37.7 Å². The second-order valence-electron chi connectivity index (χ2n) is 7.45. The molecule has 0 aromatic heterocycles. The third kappa shape index (κ3) is 3.04. The quantitative estimate of drug-likeness (QED) is 0.804. The van der Waals surface area contributed by atoms with Crippen LogP contribution in [0.3, 0.4) is 0 Å². The first kappa shape index (κ1) is 15.9. The van der Waals surface area contributed by atoms with Crippen molar-refractivity contribution < 1.29 is 14.3 Å². The fourth-order valence-electron chi connectivity index (χ4n) is 4.70. The molecule has 0 N–H and O–H groups in total. The number of hydrogen-bond donors (Lipinski definition) is 0. The summed E-state index contributed by atoms with van der Waals surface area (Å²) < 4.78 is 11.3. The van der Waals surface area contributed by atoms with E-state index in [1.807, 2.05) is 23.1 Å². The summed E-state index contributed by atoms with van der Waals surface area (Å²) in [5, 5.41) is 0. The molecule has 4 rings (SSSR count). The number of hydrogen-bond acceptors (Lipinski definition) is 3. The maximum Gasteiger partial charge on any atom is 0.226 e. The first-order chi connectivity index (χ1) is 11.8. The van der Waals surface area contributed by atoms with Crippen molar-refractivity contribution in [3.63, 3.8) is 0 Å². The van der Waals surface area contributed by atoms with Crippen LogP contribution in [0, 0.1) is 17.8 Å². The number of benzene rings is 1. The van der Waals surface area contributed by atoms with Gasteiger partial charge in [0.2, 0.25) is 5.91 Å². The normalized spacial score (nSPS) is 30.9. The third-order valence-corrected chi connectivity index (χ3v) is 6.01. The average molecular weight is 329 g/mol. The smallest absolute Gasteiger partial charge is 0.226 e. The summed E-state index contributed by atoms with van der Waals surface area (Å²) in [6.45, 7) is 2.17. The minimum Gasteiger partial charge on any atom is -0.496 e. The van der Waals surface area contributed by atoms with Crippen LogP contribution in [0.25, 0.3) is 0 Å². The zero-order chi connectivity index (χ0) is 16.5. The Kier molecular flexibility index (Phi) is 4.49. The molecule has 1 aromatic carbocycles. The van der Waals surface area contributed by atoms with Crippen LogP contribution in [-0.2, 0) is 16.1 Å². The molecule has 0 radical (unpaired) electrons. The van der Waals surface area contributed by atoms with Gasteiger partial charge in [-0.25, -0.2) is 0 Å². The van der Waals surface area contributed by atoms with Crippen molar-refractivity contribution in [2.24, 2.45) is 17.8 Å². The van der Waals surface area contributed by atoms with Crippen molar-refractivity contribution in [1.29, 1.82) is 0 Å².